The van der Waals surface area contributed by atoms with Crippen LogP contribution in [-0.2, 0) is 0 Å². The molecule has 0 saturated carbocycles. The Kier molecular flexibility index (Phi) is 11.6. The molecule has 0 aromatic carbocycles. The van der Waals surface area contributed by atoms with E-state index in [9.17, 15) is 0 Å². The molecular formula is C18H36. The van der Waals surface area contributed by atoms with Crippen molar-refractivity contribution in [3.8, 4) is 0 Å². The van der Waals surface area contributed by atoms with Crippen LogP contribution < -0.4 is 0 Å². The third-order valence-electron chi connectivity index (χ3n) is 3.80. The highest BCUT2D eigenvalue weighted by Gasteiger charge is 2.03. The van der Waals surface area contributed by atoms with Crippen molar-refractivity contribution in [2.75, 3.05) is 0 Å². The van der Waals surface area contributed by atoms with Gasteiger partial charge in [-0.25, -0.2) is 0 Å². The molecule has 1 atom stereocenters. The smallest absolute Gasteiger partial charge is 0.0323 e. The fourth-order valence-electron chi connectivity index (χ4n) is 2.40. The van der Waals surface area contributed by atoms with Gasteiger partial charge in [-0.1, -0.05) is 77.9 Å². The minimum absolute atomic E-state index is 0.876. The maximum Gasteiger partial charge on any atom is -0.0323 e. The van der Waals surface area contributed by atoms with Crippen LogP contribution in [-0.4, -0.2) is 0 Å². The van der Waals surface area contributed by atoms with E-state index in [1.165, 1.54) is 57.8 Å². The molecule has 0 saturated heterocycles. The Morgan fingerprint density at radius 2 is 1.61 bits per heavy atom. The van der Waals surface area contributed by atoms with Crippen LogP contribution in [0.1, 0.15) is 92.4 Å². The minimum Gasteiger partial charge on any atom is -0.0856 e. The molecule has 108 valence electrons. The number of hydrogen-bond acceptors (Lipinski definition) is 0. The van der Waals surface area contributed by atoms with Crippen molar-refractivity contribution < 1.29 is 0 Å². The van der Waals surface area contributed by atoms with Crippen LogP contribution in [0.25, 0.3) is 0 Å². The van der Waals surface area contributed by atoms with Gasteiger partial charge in [0.25, 0.3) is 0 Å². The van der Waals surface area contributed by atoms with Gasteiger partial charge in [-0.3, -0.25) is 0 Å². The fourth-order valence-corrected chi connectivity index (χ4v) is 2.40. The molecule has 0 amide bonds. The van der Waals surface area contributed by atoms with E-state index in [0.717, 1.165) is 11.8 Å². The van der Waals surface area contributed by atoms with E-state index < -0.39 is 0 Å². The van der Waals surface area contributed by atoms with E-state index >= 15 is 0 Å². The van der Waals surface area contributed by atoms with Gasteiger partial charge in [-0.2, -0.15) is 0 Å². The molecule has 0 aliphatic carbocycles. The Bertz CT molecular complexity index is 200. The standard InChI is InChI=1S/C18H36/c1-6-7-8-12-17(4)14-10-15-18(5)13-9-11-16(2)3/h12,16,18H,6-11,13-15H2,1-5H3/t18-/m1/s1. The van der Waals surface area contributed by atoms with Crippen LogP contribution in [0.2, 0.25) is 0 Å². The molecule has 0 aromatic heterocycles. The summed E-state index contributed by atoms with van der Waals surface area (Å²) in [6.07, 6.45) is 14.8. The molecular weight excluding hydrogens is 216 g/mol. The van der Waals surface area contributed by atoms with Crippen molar-refractivity contribution in [3.63, 3.8) is 0 Å². The minimum atomic E-state index is 0.876. The number of rotatable bonds is 11. The van der Waals surface area contributed by atoms with Gasteiger partial charge in [0, 0.05) is 0 Å². The monoisotopic (exact) mass is 252 g/mol. The lowest BCUT2D eigenvalue weighted by atomic mass is 9.94. The predicted molar refractivity (Wildman–Crippen MR) is 85.0 cm³/mol. The summed E-state index contributed by atoms with van der Waals surface area (Å²) >= 11 is 0. The van der Waals surface area contributed by atoms with Crippen LogP contribution in [0.5, 0.6) is 0 Å². The van der Waals surface area contributed by atoms with Crippen LogP contribution >= 0.6 is 0 Å². The topological polar surface area (TPSA) is 0 Å². The average Bonchev–Trinajstić information content (AvgIpc) is 2.29. The predicted octanol–water partition coefficient (Wildman–Crippen LogP) is 6.76. The summed E-state index contributed by atoms with van der Waals surface area (Å²) in [6, 6.07) is 0. The average molecular weight is 252 g/mol. The molecule has 0 rings (SSSR count). The van der Waals surface area contributed by atoms with Gasteiger partial charge >= 0.3 is 0 Å². The first-order chi connectivity index (χ1) is 8.56. The summed E-state index contributed by atoms with van der Waals surface area (Å²) in [7, 11) is 0. The SMILES string of the molecule is CCCCC=C(C)CCC[C@H](C)CCCC(C)C. The Hall–Kier alpha value is -0.260. The van der Waals surface area contributed by atoms with Crippen molar-refractivity contribution in [3.05, 3.63) is 11.6 Å². The Morgan fingerprint density at radius 3 is 2.22 bits per heavy atom. The van der Waals surface area contributed by atoms with Crippen LogP contribution in [0.3, 0.4) is 0 Å². The number of hydrogen-bond donors (Lipinski definition) is 0. The van der Waals surface area contributed by atoms with E-state index in [1.807, 2.05) is 0 Å². The second-order valence-corrected chi connectivity index (χ2v) is 6.51. The van der Waals surface area contributed by atoms with Crippen molar-refractivity contribution in [1.29, 1.82) is 0 Å². The normalized spacial score (nSPS) is 14.2. The van der Waals surface area contributed by atoms with Crippen LogP contribution in [0.15, 0.2) is 11.6 Å². The zero-order valence-electron chi connectivity index (χ0n) is 13.6. The largest absolute Gasteiger partial charge is 0.0856 e. The van der Waals surface area contributed by atoms with Gasteiger partial charge in [0.2, 0.25) is 0 Å². The first-order valence-electron chi connectivity index (χ1n) is 8.21. The molecule has 0 aromatic rings. The highest BCUT2D eigenvalue weighted by Crippen LogP contribution is 2.19. The first kappa shape index (κ1) is 17.7. The highest BCUT2D eigenvalue weighted by molar-refractivity contribution is 4.97. The van der Waals surface area contributed by atoms with Gasteiger partial charge in [-0.05, 0) is 38.0 Å². The lowest BCUT2D eigenvalue weighted by Crippen LogP contribution is -1.97. The first-order valence-corrected chi connectivity index (χ1v) is 8.21. The second kappa shape index (κ2) is 11.8. The van der Waals surface area contributed by atoms with E-state index in [-0.39, 0.29) is 0 Å². The molecule has 0 nitrogen and oxygen atoms in total. The molecule has 0 heteroatoms. The van der Waals surface area contributed by atoms with Crippen molar-refractivity contribution in [2.45, 2.75) is 92.4 Å². The lowest BCUT2D eigenvalue weighted by Gasteiger charge is -2.12. The van der Waals surface area contributed by atoms with E-state index in [2.05, 4.69) is 40.7 Å². The Morgan fingerprint density at radius 1 is 0.944 bits per heavy atom. The van der Waals surface area contributed by atoms with Gasteiger partial charge in [-0.15, -0.1) is 0 Å². The summed E-state index contributed by atoms with van der Waals surface area (Å²) in [5.74, 6) is 1.80. The fraction of sp³-hybridized carbons (Fsp3) is 0.889. The van der Waals surface area contributed by atoms with Gasteiger partial charge < -0.3 is 0 Å². The highest BCUT2D eigenvalue weighted by atomic mass is 14.1. The van der Waals surface area contributed by atoms with Crippen LogP contribution in [0, 0.1) is 11.8 Å². The van der Waals surface area contributed by atoms with Gasteiger partial charge in [0.05, 0.1) is 0 Å². The molecule has 0 aliphatic rings. The van der Waals surface area contributed by atoms with Crippen molar-refractivity contribution in [2.24, 2.45) is 11.8 Å². The van der Waals surface area contributed by atoms with Gasteiger partial charge in [0.15, 0.2) is 0 Å². The molecule has 0 bridgehead atoms. The second-order valence-electron chi connectivity index (χ2n) is 6.51. The molecule has 0 aliphatic heterocycles. The number of unbranched alkanes of at least 4 members (excludes halogenated alkanes) is 2. The summed E-state index contributed by atoms with van der Waals surface area (Å²) in [5.41, 5.74) is 1.61. The van der Waals surface area contributed by atoms with Crippen molar-refractivity contribution >= 4 is 0 Å². The summed E-state index contributed by atoms with van der Waals surface area (Å²) in [4.78, 5) is 0. The van der Waals surface area contributed by atoms with Gasteiger partial charge in [0.1, 0.15) is 0 Å². The molecule has 0 radical (unpaired) electrons. The molecule has 0 heterocycles. The third kappa shape index (κ3) is 12.2. The summed E-state index contributed by atoms with van der Waals surface area (Å²) < 4.78 is 0. The molecule has 0 spiro atoms. The zero-order valence-corrected chi connectivity index (χ0v) is 13.6. The summed E-state index contributed by atoms with van der Waals surface area (Å²) in [5, 5.41) is 0. The number of allylic oxidation sites excluding steroid dienone is 2. The van der Waals surface area contributed by atoms with Crippen molar-refractivity contribution in [1.82, 2.24) is 0 Å². The maximum absolute atomic E-state index is 2.45. The molecule has 0 N–H and O–H groups in total. The zero-order chi connectivity index (χ0) is 13.8. The quantitative estimate of drug-likeness (QED) is 0.281. The third-order valence-corrected chi connectivity index (χ3v) is 3.80. The summed E-state index contributed by atoms with van der Waals surface area (Å²) in [6.45, 7) is 11.7. The Balaban J connectivity index is 3.49. The maximum atomic E-state index is 2.45. The lowest BCUT2D eigenvalue weighted by molar-refractivity contribution is 0.427. The van der Waals surface area contributed by atoms with E-state index in [0.29, 0.717) is 0 Å². The molecule has 0 fully saturated rings. The molecule has 18 heavy (non-hydrogen) atoms. The van der Waals surface area contributed by atoms with E-state index in [4.69, 9.17) is 0 Å². The van der Waals surface area contributed by atoms with Crippen LogP contribution in [0.4, 0.5) is 0 Å². The Labute approximate surface area is 116 Å². The molecule has 0 unspecified atom stereocenters. The van der Waals surface area contributed by atoms with E-state index in [1.54, 1.807) is 5.57 Å².